The maximum Gasteiger partial charge on any atom is 0.288 e. The highest BCUT2D eigenvalue weighted by atomic mass is 79.9. The second-order valence-corrected chi connectivity index (χ2v) is 5.60. The largest absolute Gasteiger partial charge is 0.488 e. The molecular formula is C13H8BrCl2NO3. The Morgan fingerprint density at radius 1 is 1.20 bits per heavy atom. The van der Waals surface area contributed by atoms with Gasteiger partial charge in [-0.3, -0.25) is 10.1 Å². The number of nitrogens with zero attached hydrogens (tertiary/aromatic N) is 1. The van der Waals surface area contributed by atoms with Crippen LogP contribution < -0.4 is 4.74 Å². The molecule has 7 heteroatoms. The molecule has 0 aliphatic carbocycles. The van der Waals surface area contributed by atoms with E-state index in [9.17, 15) is 10.1 Å². The predicted molar refractivity (Wildman–Crippen MR) is 81.6 cm³/mol. The van der Waals surface area contributed by atoms with Crippen LogP contribution in [0.3, 0.4) is 0 Å². The molecule has 0 saturated heterocycles. The summed E-state index contributed by atoms with van der Waals surface area (Å²) in [6.07, 6.45) is 0. The number of hydrogen-bond donors (Lipinski definition) is 0. The third kappa shape index (κ3) is 3.62. The molecule has 2 aromatic carbocycles. The van der Waals surface area contributed by atoms with Gasteiger partial charge in [-0.25, -0.2) is 0 Å². The Bertz CT molecular complexity index is 664. The van der Waals surface area contributed by atoms with Crippen molar-refractivity contribution in [3.63, 3.8) is 0 Å². The third-order valence-electron chi connectivity index (χ3n) is 2.50. The number of nitro benzene ring substituents is 1. The van der Waals surface area contributed by atoms with E-state index in [1.54, 1.807) is 24.3 Å². The van der Waals surface area contributed by atoms with E-state index < -0.39 is 4.92 Å². The molecule has 0 aromatic heterocycles. The first-order chi connectivity index (χ1) is 9.47. The molecule has 20 heavy (non-hydrogen) atoms. The van der Waals surface area contributed by atoms with Gasteiger partial charge in [-0.05, 0) is 45.8 Å². The minimum Gasteiger partial charge on any atom is -0.488 e. The van der Waals surface area contributed by atoms with Crippen LogP contribution in [0.5, 0.6) is 5.75 Å². The fraction of sp³-hybridized carbons (Fsp3) is 0.0769. The van der Waals surface area contributed by atoms with E-state index in [-0.39, 0.29) is 17.3 Å². The zero-order chi connectivity index (χ0) is 14.7. The van der Waals surface area contributed by atoms with Gasteiger partial charge in [0.1, 0.15) is 17.4 Å². The molecule has 104 valence electrons. The monoisotopic (exact) mass is 375 g/mol. The summed E-state index contributed by atoms with van der Waals surface area (Å²) in [6.45, 7) is 0.193. The van der Waals surface area contributed by atoms with E-state index in [0.717, 1.165) is 0 Å². The molecule has 0 bridgehead atoms. The minimum absolute atomic E-state index is 0.103. The van der Waals surface area contributed by atoms with Crippen molar-refractivity contribution in [3.8, 4) is 5.75 Å². The van der Waals surface area contributed by atoms with Gasteiger partial charge >= 0.3 is 0 Å². The van der Waals surface area contributed by atoms with Crippen LogP contribution >= 0.6 is 39.1 Å². The average molecular weight is 377 g/mol. The second kappa shape index (κ2) is 6.43. The molecule has 0 fully saturated rings. The van der Waals surface area contributed by atoms with Crippen molar-refractivity contribution < 1.29 is 9.66 Å². The quantitative estimate of drug-likeness (QED) is 0.541. The van der Waals surface area contributed by atoms with Crippen molar-refractivity contribution in [1.29, 1.82) is 0 Å². The summed E-state index contributed by atoms with van der Waals surface area (Å²) >= 11 is 14.9. The first-order valence-corrected chi connectivity index (χ1v) is 7.03. The molecule has 2 aromatic rings. The lowest BCUT2D eigenvalue weighted by Crippen LogP contribution is -1.98. The lowest BCUT2D eigenvalue weighted by Gasteiger charge is -2.08. The Hall–Kier alpha value is -1.30. The molecule has 0 radical (unpaired) electrons. The van der Waals surface area contributed by atoms with Gasteiger partial charge in [-0.2, -0.15) is 0 Å². The van der Waals surface area contributed by atoms with Gasteiger partial charge in [0.05, 0.1) is 9.40 Å². The summed E-state index contributed by atoms with van der Waals surface area (Å²) in [6, 6.07) is 9.69. The average Bonchev–Trinajstić information content (AvgIpc) is 2.39. The van der Waals surface area contributed by atoms with Crippen molar-refractivity contribution in [2.24, 2.45) is 0 Å². The maximum atomic E-state index is 10.8. The Morgan fingerprint density at radius 3 is 2.60 bits per heavy atom. The highest BCUT2D eigenvalue weighted by Crippen LogP contribution is 2.30. The van der Waals surface area contributed by atoms with Crippen LogP contribution in [-0.4, -0.2) is 4.92 Å². The van der Waals surface area contributed by atoms with E-state index in [1.807, 2.05) is 0 Å². The Balaban J connectivity index is 2.15. The molecule has 0 saturated carbocycles. The van der Waals surface area contributed by atoms with Gasteiger partial charge < -0.3 is 4.74 Å². The Kier molecular flexibility index (Phi) is 4.86. The standard InChI is InChI=1S/C13H8BrCl2NO3/c14-10-6-9(15)2-4-13(10)20-7-8-1-3-11(16)12(5-8)17(18)19/h1-6H,7H2. The minimum atomic E-state index is -0.524. The zero-order valence-electron chi connectivity index (χ0n) is 9.98. The third-order valence-corrected chi connectivity index (χ3v) is 3.67. The van der Waals surface area contributed by atoms with Crippen LogP contribution in [-0.2, 0) is 6.61 Å². The van der Waals surface area contributed by atoms with Gasteiger partial charge in [-0.15, -0.1) is 0 Å². The molecule has 0 atom stereocenters. The fourth-order valence-corrected chi connectivity index (χ4v) is 2.52. The van der Waals surface area contributed by atoms with E-state index in [1.165, 1.54) is 12.1 Å². The lowest BCUT2D eigenvalue weighted by molar-refractivity contribution is -0.384. The van der Waals surface area contributed by atoms with E-state index in [2.05, 4.69) is 15.9 Å². The number of ether oxygens (including phenoxy) is 1. The SMILES string of the molecule is O=[N+]([O-])c1cc(COc2ccc(Cl)cc2Br)ccc1Cl. The number of hydrogen-bond acceptors (Lipinski definition) is 3. The zero-order valence-corrected chi connectivity index (χ0v) is 13.1. The Morgan fingerprint density at radius 2 is 1.95 bits per heavy atom. The van der Waals surface area contributed by atoms with Crippen LogP contribution in [0.25, 0.3) is 0 Å². The molecule has 0 amide bonds. The Labute approximate surface area is 133 Å². The molecule has 0 aliphatic rings. The lowest BCUT2D eigenvalue weighted by atomic mass is 10.2. The molecule has 0 N–H and O–H groups in total. The highest BCUT2D eigenvalue weighted by Gasteiger charge is 2.13. The van der Waals surface area contributed by atoms with E-state index in [0.29, 0.717) is 20.8 Å². The maximum absolute atomic E-state index is 10.8. The van der Waals surface area contributed by atoms with Crippen LogP contribution in [0.15, 0.2) is 40.9 Å². The summed E-state index contributed by atoms with van der Waals surface area (Å²) in [5.41, 5.74) is 0.519. The summed E-state index contributed by atoms with van der Waals surface area (Å²) < 4.78 is 6.30. The summed E-state index contributed by atoms with van der Waals surface area (Å²) in [7, 11) is 0. The normalized spacial score (nSPS) is 10.3. The second-order valence-electron chi connectivity index (χ2n) is 3.91. The summed E-state index contributed by atoms with van der Waals surface area (Å²) in [4.78, 5) is 10.3. The smallest absolute Gasteiger partial charge is 0.288 e. The van der Waals surface area contributed by atoms with Crippen LogP contribution in [0.1, 0.15) is 5.56 Å². The number of benzene rings is 2. The predicted octanol–water partition coefficient (Wildman–Crippen LogP) is 5.24. The number of nitro groups is 1. The fourth-order valence-electron chi connectivity index (χ4n) is 1.54. The summed E-state index contributed by atoms with van der Waals surface area (Å²) in [5.74, 6) is 0.604. The van der Waals surface area contributed by atoms with E-state index >= 15 is 0 Å². The van der Waals surface area contributed by atoms with Crippen molar-refractivity contribution in [2.45, 2.75) is 6.61 Å². The van der Waals surface area contributed by atoms with Crippen molar-refractivity contribution >= 4 is 44.8 Å². The van der Waals surface area contributed by atoms with Gasteiger partial charge in [0.25, 0.3) is 5.69 Å². The molecule has 0 aliphatic heterocycles. The van der Waals surface area contributed by atoms with Crippen molar-refractivity contribution in [1.82, 2.24) is 0 Å². The summed E-state index contributed by atoms with van der Waals surface area (Å²) in [5, 5.41) is 11.5. The molecular weight excluding hydrogens is 369 g/mol. The van der Waals surface area contributed by atoms with Gasteiger partial charge in [0.15, 0.2) is 0 Å². The first-order valence-electron chi connectivity index (χ1n) is 5.48. The van der Waals surface area contributed by atoms with Crippen LogP contribution in [0, 0.1) is 10.1 Å². The topological polar surface area (TPSA) is 52.4 Å². The molecule has 0 spiro atoms. The molecule has 2 rings (SSSR count). The van der Waals surface area contributed by atoms with Crippen molar-refractivity contribution in [2.75, 3.05) is 0 Å². The van der Waals surface area contributed by atoms with Crippen molar-refractivity contribution in [3.05, 3.63) is 66.6 Å². The molecule has 0 heterocycles. The van der Waals surface area contributed by atoms with Crippen LogP contribution in [0.4, 0.5) is 5.69 Å². The van der Waals surface area contributed by atoms with Gasteiger partial charge in [-0.1, -0.05) is 29.3 Å². The van der Waals surface area contributed by atoms with Gasteiger partial charge in [0.2, 0.25) is 0 Å². The molecule has 0 unspecified atom stereocenters. The van der Waals surface area contributed by atoms with E-state index in [4.69, 9.17) is 27.9 Å². The number of rotatable bonds is 4. The molecule has 4 nitrogen and oxygen atoms in total. The van der Waals surface area contributed by atoms with Gasteiger partial charge in [0, 0.05) is 11.1 Å². The first kappa shape index (κ1) is 15.1. The van der Waals surface area contributed by atoms with Crippen LogP contribution in [0.2, 0.25) is 10.0 Å². The highest BCUT2D eigenvalue weighted by molar-refractivity contribution is 9.10. The number of halogens is 3.